The van der Waals surface area contributed by atoms with E-state index in [0.717, 1.165) is 16.7 Å². The number of nitrogens with zero attached hydrogens (tertiary/aromatic N) is 1. The van der Waals surface area contributed by atoms with Crippen molar-refractivity contribution in [1.29, 1.82) is 0 Å². The van der Waals surface area contributed by atoms with E-state index in [1.54, 1.807) is 32.2 Å². The van der Waals surface area contributed by atoms with Gasteiger partial charge in [-0.3, -0.25) is 4.98 Å². The molecule has 0 N–H and O–H groups in total. The van der Waals surface area contributed by atoms with Crippen LogP contribution in [0.25, 0.3) is 10.9 Å². The van der Waals surface area contributed by atoms with Gasteiger partial charge in [-0.05, 0) is 24.3 Å². The van der Waals surface area contributed by atoms with Crippen LogP contribution in [-0.4, -0.2) is 31.2 Å². The first kappa shape index (κ1) is 12.4. The molecule has 0 spiro atoms. The Bertz CT molecular complexity index is 486. The molecule has 2 aromatic rings. The summed E-state index contributed by atoms with van der Waals surface area (Å²) in [6, 6.07) is 10.3. The summed E-state index contributed by atoms with van der Waals surface area (Å²) in [5, 5.41) is 1.16. The number of ether oxygens (including phenoxy) is 2. The zero-order valence-corrected chi connectivity index (χ0v) is 10.7. The number of hydrogen-bond donors (Lipinski definition) is 0. The van der Waals surface area contributed by atoms with Crippen molar-refractivity contribution in [3.05, 3.63) is 36.5 Å². The van der Waals surface area contributed by atoms with E-state index in [1.807, 2.05) is 12.1 Å². The minimum absolute atomic E-state index is 0.162. The highest BCUT2D eigenvalue weighted by Gasteiger charge is 2.06. The second-order valence-electron chi connectivity index (χ2n) is 3.57. The normalized spacial score (nSPS) is 11.2. The van der Waals surface area contributed by atoms with Gasteiger partial charge in [0.25, 0.3) is 0 Å². The number of methoxy groups -OCH3 is 2. The number of aromatic nitrogens is 1. The van der Waals surface area contributed by atoms with Crippen molar-refractivity contribution in [2.75, 3.05) is 20.0 Å². The molecule has 0 unspecified atom stereocenters. The molecule has 4 heteroatoms. The highest BCUT2D eigenvalue weighted by Crippen LogP contribution is 2.23. The minimum atomic E-state index is -0.162. The summed E-state index contributed by atoms with van der Waals surface area (Å²) in [4.78, 5) is 5.49. The molecule has 90 valence electrons. The summed E-state index contributed by atoms with van der Waals surface area (Å²) in [6.07, 6.45) is 1.64. The van der Waals surface area contributed by atoms with Gasteiger partial charge in [0.1, 0.15) is 0 Å². The lowest BCUT2D eigenvalue weighted by Crippen LogP contribution is -2.15. The van der Waals surface area contributed by atoms with E-state index in [4.69, 9.17) is 9.47 Å². The molecule has 0 bridgehead atoms. The Morgan fingerprint density at radius 1 is 1.24 bits per heavy atom. The zero-order chi connectivity index (χ0) is 12.1. The van der Waals surface area contributed by atoms with Crippen molar-refractivity contribution in [2.24, 2.45) is 0 Å². The predicted octanol–water partition coefficient (Wildman–Crippen LogP) is 2.95. The van der Waals surface area contributed by atoms with Crippen LogP contribution in [0.4, 0.5) is 0 Å². The van der Waals surface area contributed by atoms with Crippen molar-refractivity contribution in [2.45, 2.75) is 11.2 Å². The van der Waals surface area contributed by atoms with E-state index in [0.29, 0.717) is 0 Å². The van der Waals surface area contributed by atoms with E-state index >= 15 is 0 Å². The Morgan fingerprint density at radius 3 is 2.82 bits per heavy atom. The maximum Gasteiger partial charge on any atom is 0.166 e. The molecule has 0 aliphatic heterocycles. The van der Waals surface area contributed by atoms with Crippen molar-refractivity contribution >= 4 is 22.7 Å². The zero-order valence-electron chi connectivity index (χ0n) is 9.92. The summed E-state index contributed by atoms with van der Waals surface area (Å²) >= 11 is 1.71. The molecule has 0 saturated heterocycles. The van der Waals surface area contributed by atoms with Crippen LogP contribution in [0, 0.1) is 0 Å². The van der Waals surface area contributed by atoms with Gasteiger partial charge in [-0.1, -0.05) is 6.07 Å². The van der Waals surface area contributed by atoms with Gasteiger partial charge >= 0.3 is 0 Å². The van der Waals surface area contributed by atoms with Gasteiger partial charge in [0.05, 0.1) is 5.52 Å². The van der Waals surface area contributed by atoms with Crippen molar-refractivity contribution < 1.29 is 9.47 Å². The highest BCUT2D eigenvalue weighted by atomic mass is 32.2. The molecule has 2 rings (SSSR count). The lowest BCUT2D eigenvalue weighted by molar-refractivity contribution is -0.0842. The fourth-order valence-corrected chi connectivity index (χ4v) is 2.52. The number of benzene rings is 1. The third-order valence-corrected chi connectivity index (χ3v) is 3.51. The van der Waals surface area contributed by atoms with Crippen molar-refractivity contribution in [3.63, 3.8) is 0 Å². The van der Waals surface area contributed by atoms with Gasteiger partial charge in [0.2, 0.25) is 0 Å². The number of pyridine rings is 1. The smallest absolute Gasteiger partial charge is 0.166 e. The highest BCUT2D eigenvalue weighted by molar-refractivity contribution is 7.99. The third kappa shape index (κ3) is 3.19. The molecule has 1 aromatic heterocycles. The van der Waals surface area contributed by atoms with E-state index in [2.05, 4.69) is 23.2 Å². The number of fused-ring (bicyclic) bond motifs is 1. The summed E-state index contributed by atoms with van der Waals surface area (Å²) in [5.74, 6) is 0.777. The second-order valence-corrected chi connectivity index (χ2v) is 4.66. The second kappa shape index (κ2) is 6.00. The van der Waals surface area contributed by atoms with Crippen LogP contribution in [0.5, 0.6) is 0 Å². The lowest BCUT2D eigenvalue weighted by Gasteiger charge is -2.12. The van der Waals surface area contributed by atoms with E-state index in [9.17, 15) is 0 Å². The average Bonchev–Trinajstić information content (AvgIpc) is 2.40. The maximum absolute atomic E-state index is 5.15. The molecule has 0 aliphatic rings. The van der Waals surface area contributed by atoms with Gasteiger partial charge in [0, 0.05) is 36.5 Å². The van der Waals surface area contributed by atoms with Crippen LogP contribution in [0.15, 0.2) is 41.4 Å². The first-order chi connectivity index (χ1) is 8.33. The van der Waals surface area contributed by atoms with Crippen LogP contribution in [0.2, 0.25) is 0 Å². The summed E-state index contributed by atoms with van der Waals surface area (Å²) < 4.78 is 10.3. The predicted molar refractivity (Wildman–Crippen MR) is 70.3 cm³/mol. The molecule has 0 saturated carbocycles. The maximum atomic E-state index is 5.15. The first-order valence-electron chi connectivity index (χ1n) is 5.36. The van der Waals surface area contributed by atoms with Crippen molar-refractivity contribution in [3.8, 4) is 0 Å². The monoisotopic (exact) mass is 249 g/mol. The molecule has 0 fully saturated rings. The molecule has 0 atom stereocenters. The standard InChI is InChI=1S/C13H15NO2S/c1-15-13(16-2)9-17-11-5-6-12-10(8-11)4-3-7-14-12/h3-8,13H,9H2,1-2H3. The van der Waals surface area contributed by atoms with E-state index in [1.165, 1.54) is 4.90 Å². The molecular formula is C13H15NO2S. The number of hydrogen-bond acceptors (Lipinski definition) is 4. The molecule has 3 nitrogen and oxygen atoms in total. The SMILES string of the molecule is COC(CSc1ccc2ncccc2c1)OC. The quantitative estimate of drug-likeness (QED) is 0.602. The molecule has 0 radical (unpaired) electrons. The average molecular weight is 249 g/mol. The summed E-state index contributed by atoms with van der Waals surface area (Å²) in [5.41, 5.74) is 1.02. The molecular weight excluding hydrogens is 234 g/mol. The number of rotatable bonds is 5. The summed E-state index contributed by atoms with van der Waals surface area (Å²) in [6.45, 7) is 0. The third-order valence-electron chi connectivity index (χ3n) is 2.49. The van der Waals surface area contributed by atoms with Gasteiger partial charge in [-0.25, -0.2) is 0 Å². The Morgan fingerprint density at radius 2 is 2.06 bits per heavy atom. The lowest BCUT2D eigenvalue weighted by atomic mass is 10.2. The van der Waals surface area contributed by atoms with Crippen molar-refractivity contribution in [1.82, 2.24) is 4.98 Å². The van der Waals surface area contributed by atoms with Gasteiger partial charge < -0.3 is 9.47 Å². The van der Waals surface area contributed by atoms with E-state index < -0.39 is 0 Å². The van der Waals surface area contributed by atoms with Gasteiger partial charge in [0.15, 0.2) is 6.29 Å². The fourth-order valence-electron chi connectivity index (χ4n) is 1.54. The Kier molecular flexibility index (Phi) is 4.36. The Labute approximate surface area is 105 Å². The Balaban J connectivity index is 2.09. The van der Waals surface area contributed by atoms with Crippen LogP contribution in [0.1, 0.15) is 0 Å². The van der Waals surface area contributed by atoms with Gasteiger partial charge in [-0.15, -0.1) is 11.8 Å². The number of thioether (sulfide) groups is 1. The van der Waals surface area contributed by atoms with E-state index in [-0.39, 0.29) is 6.29 Å². The molecule has 1 heterocycles. The first-order valence-corrected chi connectivity index (χ1v) is 6.35. The van der Waals surface area contributed by atoms with Crippen LogP contribution < -0.4 is 0 Å². The molecule has 0 aliphatic carbocycles. The largest absolute Gasteiger partial charge is 0.355 e. The fraction of sp³-hybridized carbons (Fsp3) is 0.308. The van der Waals surface area contributed by atoms with Crippen LogP contribution in [-0.2, 0) is 9.47 Å². The van der Waals surface area contributed by atoms with Gasteiger partial charge in [-0.2, -0.15) is 0 Å². The molecule has 1 aromatic carbocycles. The molecule has 17 heavy (non-hydrogen) atoms. The molecule has 0 amide bonds. The minimum Gasteiger partial charge on any atom is -0.355 e. The topological polar surface area (TPSA) is 31.4 Å². The van der Waals surface area contributed by atoms with Crippen LogP contribution >= 0.6 is 11.8 Å². The summed E-state index contributed by atoms with van der Waals surface area (Å²) in [7, 11) is 3.30. The Hall–Kier alpha value is -1.10. The van der Waals surface area contributed by atoms with Crippen LogP contribution in [0.3, 0.4) is 0 Å².